The summed E-state index contributed by atoms with van der Waals surface area (Å²) in [6.45, 7) is 5.80. The van der Waals surface area contributed by atoms with Crippen LogP contribution < -0.4 is 16.4 Å². The Morgan fingerprint density at radius 2 is 1.37 bits per heavy atom. The number of hydrogen-bond donors (Lipinski definition) is 3. The molecule has 0 heterocycles. The SMILES string of the molecule is CNCCNCCCOCCCCCCCCCN. The molecule has 0 aliphatic carbocycles. The van der Waals surface area contributed by atoms with Crippen molar-refractivity contribution in [1.82, 2.24) is 10.6 Å². The first-order valence-corrected chi connectivity index (χ1v) is 8.05. The third kappa shape index (κ3) is 17.8. The average molecular weight is 273 g/mol. The predicted molar refractivity (Wildman–Crippen MR) is 83.6 cm³/mol. The van der Waals surface area contributed by atoms with Gasteiger partial charge in [0.05, 0.1) is 0 Å². The molecule has 0 aromatic heterocycles. The van der Waals surface area contributed by atoms with Gasteiger partial charge >= 0.3 is 0 Å². The standard InChI is InChI=1S/C15H35N3O/c1-17-12-13-18-11-9-15-19-14-8-6-4-2-3-5-7-10-16/h17-18H,2-16H2,1H3. The fourth-order valence-electron chi connectivity index (χ4n) is 1.97. The van der Waals surface area contributed by atoms with Crippen LogP contribution in [0.4, 0.5) is 0 Å². The molecule has 4 nitrogen and oxygen atoms in total. The van der Waals surface area contributed by atoms with Crippen molar-refractivity contribution in [3.63, 3.8) is 0 Å². The Balaban J connectivity index is 2.88. The maximum atomic E-state index is 5.61. The highest BCUT2D eigenvalue weighted by molar-refractivity contribution is 4.49. The van der Waals surface area contributed by atoms with Crippen LogP contribution in [0.5, 0.6) is 0 Å². The monoisotopic (exact) mass is 273 g/mol. The van der Waals surface area contributed by atoms with Crippen LogP contribution in [0.15, 0.2) is 0 Å². The number of rotatable bonds is 16. The minimum absolute atomic E-state index is 0.845. The molecule has 4 heteroatoms. The van der Waals surface area contributed by atoms with Crippen LogP contribution in [0, 0.1) is 0 Å². The first-order valence-electron chi connectivity index (χ1n) is 8.05. The lowest BCUT2D eigenvalue weighted by atomic mass is 10.1. The minimum Gasteiger partial charge on any atom is -0.381 e. The maximum Gasteiger partial charge on any atom is 0.0478 e. The second kappa shape index (κ2) is 17.8. The lowest BCUT2D eigenvalue weighted by Gasteiger charge is -2.06. The Morgan fingerprint density at radius 3 is 2.05 bits per heavy atom. The van der Waals surface area contributed by atoms with E-state index in [9.17, 15) is 0 Å². The second-order valence-corrected chi connectivity index (χ2v) is 5.08. The van der Waals surface area contributed by atoms with E-state index in [0.717, 1.165) is 45.8 Å². The van der Waals surface area contributed by atoms with Gasteiger partial charge in [-0.1, -0.05) is 32.1 Å². The number of nitrogens with two attached hydrogens (primary N) is 1. The molecule has 0 amide bonds. The highest BCUT2D eigenvalue weighted by Gasteiger charge is 1.93. The maximum absolute atomic E-state index is 5.61. The summed E-state index contributed by atoms with van der Waals surface area (Å²) in [5.74, 6) is 0. The predicted octanol–water partition coefficient (Wildman–Crippen LogP) is 1.89. The molecule has 116 valence electrons. The van der Waals surface area contributed by atoms with Crippen LogP contribution >= 0.6 is 0 Å². The van der Waals surface area contributed by atoms with Gasteiger partial charge in [0.2, 0.25) is 0 Å². The second-order valence-electron chi connectivity index (χ2n) is 5.08. The summed E-state index contributed by atoms with van der Waals surface area (Å²) in [6.07, 6.45) is 10.2. The van der Waals surface area contributed by atoms with E-state index in [2.05, 4.69) is 10.6 Å². The highest BCUT2D eigenvalue weighted by Crippen LogP contribution is 2.06. The van der Waals surface area contributed by atoms with Crippen molar-refractivity contribution in [3.05, 3.63) is 0 Å². The summed E-state index contributed by atoms with van der Waals surface area (Å²) in [5, 5.41) is 6.48. The van der Waals surface area contributed by atoms with Crippen molar-refractivity contribution < 1.29 is 4.74 Å². The molecule has 0 aromatic rings. The van der Waals surface area contributed by atoms with Crippen molar-refractivity contribution >= 4 is 0 Å². The Bertz CT molecular complexity index is 140. The van der Waals surface area contributed by atoms with E-state index < -0.39 is 0 Å². The van der Waals surface area contributed by atoms with E-state index in [-0.39, 0.29) is 0 Å². The van der Waals surface area contributed by atoms with Crippen LogP contribution in [0.1, 0.15) is 51.4 Å². The van der Waals surface area contributed by atoms with Crippen molar-refractivity contribution in [2.45, 2.75) is 51.4 Å². The molecule has 0 spiro atoms. The lowest BCUT2D eigenvalue weighted by Crippen LogP contribution is -2.26. The van der Waals surface area contributed by atoms with E-state index in [1.165, 1.54) is 44.9 Å². The van der Waals surface area contributed by atoms with Gasteiger partial charge in [-0.2, -0.15) is 0 Å². The molecule has 4 N–H and O–H groups in total. The quantitative estimate of drug-likeness (QED) is 0.376. The van der Waals surface area contributed by atoms with Gasteiger partial charge in [0.15, 0.2) is 0 Å². The summed E-state index contributed by atoms with van der Waals surface area (Å²) >= 11 is 0. The van der Waals surface area contributed by atoms with Gasteiger partial charge in [-0.25, -0.2) is 0 Å². The Hall–Kier alpha value is -0.160. The van der Waals surface area contributed by atoms with Gasteiger partial charge in [-0.3, -0.25) is 0 Å². The number of hydrogen-bond acceptors (Lipinski definition) is 4. The Kier molecular flexibility index (Phi) is 17.7. The number of unbranched alkanes of at least 4 members (excludes halogenated alkanes) is 6. The van der Waals surface area contributed by atoms with Gasteiger partial charge in [0.1, 0.15) is 0 Å². The smallest absolute Gasteiger partial charge is 0.0478 e. The lowest BCUT2D eigenvalue weighted by molar-refractivity contribution is 0.127. The molecular formula is C15H35N3O. The molecule has 0 unspecified atom stereocenters. The molecule has 19 heavy (non-hydrogen) atoms. The molecular weight excluding hydrogens is 238 g/mol. The van der Waals surface area contributed by atoms with Crippen LogP contribution in [0.3, 0.4) is 0 Å². The van der Waals surface area contributed by atoms with Crippen LogP contribution in [-0.4, -0.2) is 46.4 Å². The number of likely N-dealkylation sites (N-methyl/N-ethyl adjacent to an activating group) is 1. The molecule has 0 aromatic carbocycles. The highest BCUT2D eigenvalue weighted by atomic mass is 16.5. The summed E-state index contributed by atoms with van der Waals surface area (Å²) in [4.78, 5) is 0. The van der Waals surface area contributed by atoms with Crippen molar-refractivity contribution in [2.24, 2.45) is 5.73 Å². The third-order valence-corrected chi connectivity index (χ3v) is 3.19. The molecule has 0 saturated carbocycles. The molecule has 0 atom stereocenters. The average Bonchev–Trinajstić information content (AvgIpc) is 2.43. The first-order chi connectivity index (χ1) is 9.41. The first kappa shape index (κ1) is 18.8. The zero-order chi connectivity index (χ0) is 14.0. The van der Waals surface area contributed by atoms with E-state index in [0.29, 0.717) is 0 Å². The van der Waals surface area contributed by atoms with Gasteiger partial charge in [0, 0.05) is 26.3 Å². The van der Waals surface area contributed by atoms with E-state index >= 15 is 0 Å². The topological polar surface area (TPSA) is 59.3 Å². The van der Waals surface area contributed by atoms with Crippen LogP contribution in [-0.2, 0) is 4.74 Å². The molecule has 0 fully saturated rings. The van der Waals surface area contributed by atoms with Gasteiger partial charge < -0.3 is 21.1 Å². The molecule has 0 rings (SSSR count). The van der Waals surface area contributed by atoms with Crippen molar-refractivity contribution in [2.75, 3.05) is 46.4 Å². The normalized spacial score (nSPS) is 11.1. The summed E-state index contributed by atoms with van der Waals surface area (Å²) in [7, 11) is 1.98. The minimum atomic E-state index is 0.845. The fourth-order valence-corrected chi connectivity index (χ4v) is 1.97. The largest absolute Gasteiger partial charge is 0.381 e. The number of nitrogens with one attached hydrogen (secondary N) is 2. The zero-order valence-corrected chi connectivity index (χ0v) is 12.9. The Labute approximate surface area is 119 Å². The van der Waals surface area contributed by atoms with Gasteiger partial charge in [-0.05, 0) is 39.4 Å². The number of ether oxygens (including phenoxy) is 1. The van der Waals surface area contributed by atoms with Gasteiger partial charge in [0.25, 0.3) is 0 Å². The van der Waals surface area contributed by atoms with Crippen LogP contribution in [0.25, 0.3) is 0 Å². The van der Waals surface area contributed by atoms with Gasteiger partial charge in [-0.15, -0.1) is 0 Å². The third-order valence-electron chi connectivity index (χ3n) is 3.19. The summed E-state index contributed by atoms with van der Waals surface area (Å²) in [5.41, 5.74) is 5.46. The fraction of sp³-hybridized carbons (Fsp3) is 1.00. The van der Waals surface area contributed by atoms with E-state index in [1.54, 1.807) is 0 Å². The van der Waals surface area contributed by atoms with Crippen LogP contribution in [0.2, 0.25) is 0 Å². The molecule has 0 aliphatic heterocycles. The van der Waals surface area contributed by atoms with E-state index in [4.69, 9.17) is 10.5 Å². The molecule has 0 aliphatic rings. The molecule has 0 bridgehead atoms. The van der Waals surface area contributed by atoms with Crippen molar-refractivity contribution in [3.8, 4) is 0 Å². The molecule has 0 saturated heterocycles. The Morgan fingerprint density at radius 1 is 0.737 bits per heavy atom. The molecule has 0 radical (unpaired) electrons. The summed E-state index contributed by atoms with van der Waals surface area (Å²) < 4.78 is 5.61. The van der Waals surface area contributed by atoms with Crippen molar-refractivity contribution in [1.29, 1.82) is 0 Å². The zero-order valence-electron chi connectivity index (χ0n) is 12.9. The van der Waals surface area contributed by atoms with E-state index in [1.807, 2.05) is 7.05 Å². The summed E-state index contributed by atoms with van der Waals surface area (Å²) in [6, 6.07) is 0.